The maximum atomic E-state index is 12.5. The lowest BCUT2D eigenvalue weighted by atomic mass is 10.0. The van der Waals surface area contributed by atoms with Gasteiger partial charge in [0.2, 0.25) is 11.8 Å². The number of carbonyl (C=O) groups is 2. The van der Waals surface area contributed by atoms with Crippen LogP contribution in [0.25, 0.3) is 0 Å². The van der Waals surface area contributed by atoms with Crippen molar-refractivity contribution in [2.45, 2.75) is 45.9 Å². The molecule has 0 N–H and O–H groups in total. The first-order chi connectivity index (χ1) is 11.5. The number of amides is 2. The number of ether oxygens (including phenoxy) is 1. The number of rotatable bonds is 5. The fraction of sp³-hybridized carbons (Fsp3) is 0.579. The fourth-order valence-electron chi connectivity index (χ4n) is 3.36. The summed E-state index contributed by atoms with van der Waals surface area (Å²) in [5.41, 5.74) is 2.42. The Labute approximate surface area is 143 Å². The van der Waals surface area contributed by atoms with Gasteiger partial charge in [-0.1, -0.05) is 24.3 Å². The molecule has 3 rings (SSSR count). The number of aryl methyl sites for hydroxylation is 1. The predicted molar refractivity (Wildman–Crippen MR) is 91.3 cm³/mol. The highest BCUT2D eigenvalue weighted by atomic mass is 16.5. The third-order valence-electron chi connectivity index (χ3n) is 5.03. The van der Waals surface area contributed by atoms with Gasteiger partial charge in [-0.25, -0.2) is 0 Å². The lowest BCUT2D eigenvalue weighted by Gasteiger charge is -2.40. The second-order valence-electron chi connectivity index (χ2n) is 7.14. The van der Waals surface area contributed by atoms with Gasteiger partial charge in [0.05, 0.1) is 18.6 Å². The smallest absolute Gasteiger partial charge is 0.228 e. The zero-order valence-electron chi connectivity index (χ0n) is 14.7. The van der Waals surface area contributed by atoms with E-state index in [4.69, 9.17) is 4.74 Å². The molecule has 5 heteroatoms. The number of hydrogen-bond donors (Lipinski definition) is 0. The van der Waals surface area contributed by atoms with Crippen molar-refractivity contribution >= 4 is 11.8 Å². The first-order valence-electron chi connectivity index (χ1n) is 8.70. The summed E-state index contributed by atoms with van der Waals surface area (Å²) in [6.07, 6.45) is 0.453. The van der Waals surface area contributed by atoms with Gasteiger partial charge in [0.25, 0.3) is 0 Å². The van der Waals surface area contributed by atoms with E-state index >= 15 is 0 Å². The molecule has 0 aromatic heterocycles. The normalized spacial score (nSPS) is 21.5. The van der Waals surface area contributed by atoms with Gasteiger partial charge in [-0.3, -0.25) is 9.59 Å². The van der Waals surface area contributed by atoms with E-state index in [-0.39, 0.29) is 29.9 Å². The van der Waals surface area contributed by atoms with E-state index in [1.807, 2.05) is 30.9 Å². The molecular formula is C19H26N2O3. The number of hydrogen-bond acceptors (Lipinski definition) is 3. The van der Waals surface area contributed by atoms with E-state index in [1.54, 1.807) is 4.90 Å². The van der Waals surface area contributed by atoms with Gasteiger partial charge in [0.15, 0.2) is 0 Å². The molecule has 2 saturated heterocycles. The molecule has 1 atom stereocenters. The number of likely N-dealkylation sites (tertiary alicyclic amines) is 2. The van der Waals surface area contributed by atoms with Crippen molar-refractivity contribution in [2.24, 2.45) is 5.92 Å². The zero-order chi connectivity index (χ0) is 17.3. The average molecular weight is 330 g/mol. The van der Waals surface area contributed by atoms with Crippen LogP contribution in [-0.2, 0) is 20.9 Å². The Morgan fingerprint density at radius 1 is 1.25 bits per heavy atom. The Bertz CT molecular complexity index is 623. The second-order valence-corrected chi connectivity index (χ2v) is 7.14. The summed E-state index contributed by atoms with van der Waals surface area (Å²) in [5.74, 6) is 0.00989. The minimum Gasteiger partial charge on any atom is -0.370 e. The van der Waals surface area contributed by atoms with E-state index in [1.165, 1.54) is 11.1 Å². The molecule has 2 amide bonds. The minimum atomic E-state index is -0.183. The molecule has 1 aromatic rings. The summed E-state index contributed by atoms with van der Waals surface area (Å²) in [5, 5.41) is 0. The molecule has 24 heavy (non-hydrogen) atoms. The lowest BCUT2D eigenvalue weighted by Crippen LogP contribution is -2.56. The Morgan fingerprint density at radius 2 is 1.96 bits per heavy atom. The summed E-state index contributed by atoms with van der Waals surface area (Å²) < 4.78 is 5.90. The van der Waals surface area contributed by atoms with Crippen LogP contribution in [0.15, 0.2) is 24.3 Å². The van der Waals surface area contributed by atoms with Crippen LogP contribution in [-0.4, -0.2) is 53.4 Å². The average Bonchev–Trinajstić information content (AvgIpc) is 2.89. The van der Waals surface area contributed by atoms with Crippen LogP contribution in [0.4, 0.5) is 0 Å². The molecule has 5 nitrogen and oxygen atoms in total. The summed E-state index contributed by atoms with van der Waals surface area (Å²) in [7, 11) is 0. The third-order valence-corrected chi connectivity index (χ3v) is 5.03. The van der Waals surface area contributed by atoms with E-state index in [0.717, 1.165) is 0 Å². The summed E-state index contributed by atoms with van der Waals surface area (Å²) in [4.78, 5) is 28.1. The maximum Gasteiger partial charge on any atom is 0.228 e. The van der Waals surface area contributed by atoms with Crippen LogP contribution in [0.1, 0.15) is 31.4 Å². The highest BCUT2D eigenvalue weighted by Crippen LogP contribution is 2.25. The van der Waals surface area contributed by atoms with Gasteiger partial charge in [0.1, 0.15) is 0 Å². The van der Waals surface area contributed by atoms with Crippen molar-refractivity contribution in [1.29, 1.82) is 0 Å². The molecule has 0 saturated carbocycles. The molecule has 0 aliphatic carbocycles. The second kappa shape index (κ2) is 6.93. The SMILES string of the molecule is Cc1ccccc1COC1CN(C(=O)[C@@H]2CC(=O)N(C(C)C)C2)C1. The van der Waals surface area contributed by atoms with Gasteiger partial charge in [-0.05, 0) is 31.9 Å². The van der Waals surface area contributed by atoms with Crippen LogP contribution in [0.2, 0.25) is 0 Å². The molecule has 1 aromatic carbocycles. The van der Waals surface area contributed by atoms with Gasteiger partial charge < -0.3 is 14.5 Å². The highest BCUT2D eigenvalue weighted by Gasteiger charge is 2.41. The molecule has 0 unspecified atom stereocenters. The highest BCUT2D eigenvalue weighted by molar-refractivity contribution is 5.89. The molecule has 2 aliphatic rings. The van der Waals surface area contributed by atoms with Crippen molar-refractivity contribution in [3.63, 3.8) is 0 Å². The minimum absolute atomic E-state index is 0.0937. The molecule has 0 spiro atoms. The van der Waals surface area contributed by atoms with Crippen molar-refractivity contribution < 1.29 is 14.3 Å². The van der Waals surface area contributed by atoms with Crippen LogP contribution in [0, 0.1) is 12.8 Å². The number of nitrogens with zero attached hydrogens (tertiary/aromatic N) is 2. The maximum absolute atomic E-state index is 12.5. The van der Waals surface area contributed by atoms with Gasteiger partial charge >= 0.3 is 0 Å². The Hall–Kier alpha value is -1.88. The monoisotopic (exact) mass is 330 g/mol. The number of carbonyl (C=O) groups excluding carboxylic acids is 2. The largest absolute Gasteiger partial charge is 0.370 e. The van der Waals surface area contributed by atoms with Gasteiger partial charge in [0, 0.05) is 32.1 Å². The molecule has 2 fully saturated rings. The summed E-state index contributed by atoms with van der Waals surface area (Å²) in [6.45, 7) is 8.47. The van der Waals surface area contributed by atoms with Gasteiger partial charge in [-0.15, -0.1) is 0 Å². The first kappa shape index (κ1) is 17.0. The third kappa shape index (κ3) is 3.46. The first-order valence-corrected chi connectivity index (χ1v) is 8.70. The molecular weight excluding hydrogens is 304 g/mol. The lowest BCUT2D eigenvalue weighted by molar-refractivity contribution is -0.150. The topological polar surface area (TPSA) is 49.9 Å². The molecule has 0 radical (unpaired) electrons. The molecule has 0 bridgehead atoms. The number of benzene rings is 1. The van der Waals surface area contributed by atoms with E-state index in [2.05, 4.69) is 19.1 Å². The molecule has 2 aliphatic heterocycles. The van der Waals surface area contributed by atoms with Crippen molar-refractivity contribution in [2.75, 3.05) is 19.6 Å². The van der Waals surface area contributed by atoms with Crippen molar-refractivity contribution in [3.05, 3.63) is 35.4 Å². The van der Waals surface area contributed by atoms with Crippen LogP contribution >= 0.6 is 0 Å². The van der Waals surface area contributed by atoms with Crippen LogP contribution in [0.5, 0.6) is 0 Å². The standard InChI is InChI=1S/C19H26N2O3/c1-13(2)21-9-16(8-18(21)22)19(23)20-10-17(11-20)24-12-15-7-5-4-6-14(15)3/h4-7,13,16-17H,8-12H2,1-3H3/t16-/m1/s1. The van der Waals surface area contributed by atoms with E-state index in [9.17, 15) is 9.59 Å². The van der Waals surface area contributed by atoms with Gasteiger partial charge in [-0.2, -0.15) is 0 Å². The zero-order valence-corrected chi connectivity index (χ0v) is 14.7. The molecule has 2 heterocycles. The van der Waals surface area contributed by atoms with E-state index in [0.29, 0.717) is 32.7 Å². The quantitative estimate of drug-likeness (QED) is 0.829. The van der Waals surface area contributed by atoms with E-state index < -0.39 is 0 Å². The Kier molecular flexibility index (Phi) is 4.90. The van der Waals surface area contributed by atoms with Crippen LogP contribution < -0.4 is 0 Å². The fourth-order valence-corrected chi connectivity index (χ4v) is 3.36. The molecule has 130 valence electrons. The Morgan fingerprint density at radius 3 is 2.58 bits per heavy atom. The summed E-state index contributed by atoms with van der Waals surface area (Å²) in [6, 6.07) is 8.34. The van der Waals surface area contributed by atoms with Crippen LogP contribution in [0.3, 0.4) is 0 Å². The van der Waals surface area contributed by atoms with Crippen molar-refractivity contribution in [1.82, 2.24) is 9.80 Å². The van der Waals surface area contributed by atoms with Crippen molar-refractivity contribution in [3.8, 4) is 0 Å². The Balaban J connectivity index is 1.44. The summed E-state index contributed by atoms with van der Waals surface area (Å²) >= 11 is 0. The predicted octanol–water partition coefficient (Wildman–Crippen LogP) is 1.98.